The van der Waals surface area contributed by atoms with Crippen molar-refractivity contribution in [3.8, 4) is 45.6 Å². The zero-order valence-electron chi connectivity index (χ0n) is 40.3. The van der Waals surface area contributed by atoms with Crippen molar-refractivity contribution in [1.29, 1.82) is 0 Å². The second kappa shape index (κ2) is 35.6. The molecule has 0 unspecified atom stereocenters. The Morgan fingerprint density at radius 3 is 0.603 bits per heavy atom. The summed E-state index contributed by atoms with van der Waals surface area (Å²) in [5.74, 6) is -3.05. The standard InChI is InChI=1S/4C10H8N2.2C7H6O5S.2Mn.2H2O/c4*1-3-7-11-9(5-1)10-6-2-4-8-12-10;2*8-7(9)5-2-1-3-6(4-5)13(10,11)12;;;;/h4*1-8H;2*1-4H,(H,8,9)(H,10,11,12);;;2*1H2/q;;;;;;2*+2;;/p-4. The molecule has 0 aliphatic carbocycles. The van der Waals surface area contributed by atoms with Crippen LogP contribution in [0.1, 0.15) is 20.7 Å². The molecule has 20 nitrogen and oxygen atoms in total. The van der Waals surface area contributed by atoms with Crippen molar-refractivity contribution in [2.24, 2.45) is 0 Å². The van der Waals surface area contributed by atoms with Gasteiger partial charge in [0.2, 0.25) is 0 Å². The molecular formula is C54H44Mn2N8O12S2. The van der Waals surface area contributed by atoms with Gasteiger partial charge in [-0.3, -0.25) is 39.9 Å². The summed E-state index contributed by atoms with van der Waals surface area (Å²) in [6, 6.07) is 54.6. The Labute approximate surface area is 470 Å². The minimum absolute atomic E-state index is 0. The Balaban J connectivity index is 0.000000463. The van der Waals surface area contributed by atoms with Gasteiger partial charge in [-0.25, -0.2) is 16.8 Å². The fourth-order valence-corrected chi connectivity index (χ4v) is 6.70. The second-order valence-corrected chi connectivity index (χ2v) is 17.0. The normalized spacial score (nSPS) is 9.67. The molecule has 0 saturated heterocycles. The number of pyridine rings is 8. The van der Waals surface area contributed by atoms with Crippen LogP contribution in [0.15, 0.2) is 253 Å². The van der Waals surface area contributed by atoms with Gasteiger partial charge < -0.3 is 39.9 Å². The van der Waals surface area contributed by atoms with Crippen molar-refractivity contribution in [2.45, 2.75) is 9.79 Å². The van der Waals surface area contributed by atoms with Crippen LogP contribution in [-0.4, -0.2) is 88.7 Å². The van der Waals surface area contributed by atoms with Crippen LogP contribution in [0.4, 0.5) is 0 Å². The van der Waals surface area contributed by atoms with E-state index in [1.54, 1.807) is 49.6 Å². The van der Waals surface area contributed by atoms with Crippen LogP contribution in [-0.2, 0) is 54.4 Å². The van der Waals surface area contributed by atoms with E-state index in [0.717, 1.165) is 94.1 Å². The first-order valence-electron chi connectivity index (χ1n) is 21.5. The molecule has 2 aromatic carbocycles. The first-order valence-corrected chi connectivity index (χ1v) is 24.3. The second-order valence-electron chi connectivity index (χ2n) is 14.3. The number of benzene rings is 2. The number of hydrogen-bond acceptors (Lipinski definition) is 18. The third-order valence-electron chi connectivity index (χ3n) is 9.09. The van der Waals surface area contributed by atoms with E-state index >= 15 is 0 Å². The molecule has 0 aliphatic heterocycles. The van der Waals surface area contributed by atoms with Crippen LogP contribution >= 0.6 is 0 Å². The number of nitrogens with zero attached hydrogens (tertiary/aromatic N) is 8. The molecule has 4 N–H and O–H groups in total. The Hall–Kier alpha value is -8.64. The maximum absolute atomic E-state index is 10.4. The van der Waals surface area contributed by atoms with Crippen molar-refractivity contribution >= 4 is 32.2 Å². The zero-order chi connectivity index (χ0) is 53.0. The van der Waals surface area contributed by atoms with E-state index in [-0.39, 0.29) is 56.2 Å². The smallest absolute Gasteiger partial charge is 0.744 e. The van der Waals surface area contributed by atoms with Crippen LogP contribution in [0.5, 0.6) is 0 Å². The molecule has 398 valence electrons. The molecule has 2 radical (unpaired) electrons. The molecule has 24 heteroatoms. The molecule has 0 spiro atoms. The summed E-state index contributed by atoms with van der Waals surface area (Å²) in [5, 5.41) is 20.5. The average molecular weight is 1170 g/mol. The minimum atomic E-state index is -4.60. The molecule has 8 aromatic heterocycles. The van der Waals surface area contributed by atoms with E-state index in [2.05, 4.69) is 39.9 Å². The van der Waals surface area contributed by atoms with Crippen molar-refractivity contribution in [2.75, 3.05) is 0 Å². The number of aromatic nitrogens is 8. The van der Waals surface area contributed by atoms with Crippen molar-refractivity contribution < 1.29 is 90.8 Å². The molecule has 10 aromatic rings. The Morgan fingerprint density at radius 2 is 0.474 bits per heavy atom. The Kier molecular flexibility index (Phi) is 30.7. The average Bonchev–Trinajstić information content (AvgIpc) is 3.45. The van der Waals surface area contributed by atoms with Gasteiger partial charge in [-0.1, -0.05) is 72.8 Å². The summed E-state index contributed by atoms with van der Waals surface area (Å²) in [4.78, 5) is 52.9. The van der Waals surface area contributed by atoms with Gasteiger partial charge in [-0.15, -0.1) is 0 Å². The van der Waals surface area contributed by atoms with E-state index < -0.39 is 42.0 Å². The maximum atomic E-state index is 10.4. The van der Waals surface area contributed by atoms with E-state index in [9.17, 15) is 45.7 Å². The maximum Gasteiger partial charge on any atom is 2.00 e. The molecule has 0 saturated carbocycles. The molecule has 0 fully saturated rings. The fraction of sp³-hybridized carbons (Fsp3) is 0. The SMILES string of the molecule is O.O.O=C([O-])c1cccc(S(=O)(=O)[O-])c1.O=C([O-])c1cccc(S(=O)(=O)[O-])c1.[Mn+2].[Mn+2].c1ccc(-c2ccccn2)nc1.c1ccc(-c2ccccn2)nc1.c1ccc(-c2ccccn2)nc1.c1ccc(-c2ccccn2)nc1. The number of carboxylic acids is 2. The minimum Gasteiger partial charge on any atom is -0.744 e. The predicted octanol–water partition coefficient (Wildman–Crippen LogP) is 4.83. The van der Waals surface area contributed by atoms with Gasteiger partial charge in [0.25, 0.3) is 0 Å². The summed E-state index contributed by atoms with van der Waals surface area (Å²) < 4.78 is 62.6. The molecular weight excluding hydrogens is 1130 g/mol. The number of aromatic carboxylic acids is 2. The van der Waals surface area contributed by atoms with Gasteiger partial charge in [-0.2, -0.15) is 0 Å². The number of carbonyl (C=O) groups excluding carboxylic acids is 2. The molecule has 0 amide bonds. The Morgan fingerprint density at radius 1 is 0.295 bits per heavy atom. The van der Waals surface area contributed by atoms with Gasteiger partial charge >= 0.3 is 34.1 Å². The van der Waals surface area contributed by atoms with E-state index in [0.29, 0.717) is 0 Å². The third kappa shape index (κ3) is 23.9. The van der Waals surface area contributed by atoms with Crippen LogP contribution < -0.4 is 10.2 Å². The van der Waals surface area contributed by atoms with E-state index in [1.807, 2.05) is 146 Å². The number of hydrogen-bond donors (Lipinski definition) is 0. The first kappa shape index (κ1) is 67.4. The van der Waals surface area contributed by atoms with Gasteiger partial charge in [-0.05, 0) is 132 Å². The summed E-state index contributed by atoms with van der Waals surface area (Å²) in [7, 11) is -9.20. The van der Waals surface area contributed by atoms with E-state index in [4.69, 9.17) is 0 Å². The number of carbonyl (C=O) groups is 2. The summed E-state index contributed by atoms with van der Waals surface area (Å²) in [5.41, 5.74) is 6.65. The van der Waals surface area contributed by atoms with Crippen LogP contribution in [0.2, 0.25) is 0 Å². The van der Waals surface area contributed by atoms with Gasteiger partial charge in [0.05, 0.1) is 67.3 Å². The largest absolute Gasteiger partial charge is 2.00 e. The summed E-state index contributed by atoms with van der Waals surface area (Å²) in [6.45, 7) is 0. The quantitative estimate of drug-likeness (QED) is 0.145. The van der Waals surface area contributed by atoms with Crippen molar-refractivity contribution in [1.82, 2.24) is 39.9 Å². The third-order valence-corrected chi connectivity index (χ3v) is 10.7. The zero-order valence-corrected chi connectivity index (χ0v) is 44.3. The Bertz CT molecular complexity index is 2960. The summed E-state index contributed by atoms with van der Waals surface area (Å²) in [6.07, 6.45) is 14.1. The first-order chi connectivity index (χ1) is 35.7. The molecule has 10 rings (SSSR count). The van der Waals surface area contributed by atoms with Gasteiger partial charge in [0.1, 0.15) is 20.2 Å². The molecule has 0 bridgehead atoms. The number of rotatable bonds is 8. The monoisotopic (exact) mass is 1170 g/mol. The van der Waals surface area contributed by atoms with Gasteiger partial charge in [0.15, 0.2) is 0 Å². The van der Waals surface area contributed by atoms with Crippen molar-refractivity contribution in [3.63, 3.8) is 0 Å². The topological polar surface area (TPSA) is 361 Å². The van der Waals surface area contributed by atoms with Crippen LogP contribution in [0.25, 0.3) is 45.6 Å². The molecule has 0 aliphatic rings. The number of carboxylic acid groups (broad SMARTS) is 2. The predicted molar refractivity (Wildman–Crippen MR) is 275 cm³/mol. The molecule has 0 atom stereocenters. The van der Waals surface area contributed by atoms with Crippen LogP contribution in [0, 0.1) is 0 Å². The molecule has 8 heterocycles. The van der Waals surface area contributed by atoms with Crippen molar-refractivity contribution in [3.05, 3.63) is 255 Å². The van der Waals surface area contributed by atoms with E-state index in [1.165, 1.54) is 0 Å². The molecule has 78 heavy (non-hydrogen) atoms. The fourth-order valence-electron chi connectivity index (χ4n) is 5.67. The van der Waals surface area contributed by atoms with Crippen LogP contribution in [0.3, 0.4) is 0 Å². The summed E-state index contributed by atoms with van der Waals surface area (Å²) >= 11 is 0. The van der Waals surface area contributed by atoms with Gasteiger partial charge in [0, 0.05) is 49.6 Å².